The molecule has 17 heavy (non-hydrogen) atoms. The number of aryl methyl sites for hydroxylation is 1. The minimum absolute atomic E-state index is 0.855. The van der Waals surface area contributed by atoms with Crippen LogP contribution in [0.25, 0.3) is 0 Å². The number of hydrogen-bond donors (Lipinski definition) is 0. The van der Waals surface area contributed by atoms with Crippen molar-refractivity contribution in [3.8, 4) is 0 Å². The summed E-state index contributed by atoms with van der Waals surface area (Å²) >= 11 is 0. The molecule has 2 rings (SSSR count). The van der Waals surface area contributed by atoms with E-state index in [1.54, 1.807) is 0 Å². The van der Waals surface area contributed by atoms with Crippen LogP contribution in [0.15, 0.2) is 24.3 Å². The fraction of sp³-hybridized carbons (Fsp3) is 0.600. The maximum Gasteiger partial charge on any atom is 0.0642 e. The van der Waals surface area contributed by atoms with Gasteiger partial charge < -0.3 is 9.64 Å². The monoisotopic (exact) mass is 235 g/mol. The van der Waals surface area contributed by atoms with E-state index in [9.17, 15) is 0 Å². The molecule has 1 aromatic carbocycles. The minimum Gasteiger partial charge on any atom is -0.378 e. The summed E-state index contributed by atoms with van der Waals surface area (Å²) in [6.45, 7) is 10.2. The quantitative estimate of drug-likeness (QED) is 0.776. The van der Waals surface area contributed by atoms with Crippen molar-refractivity contribution in [2.45, 2.75) is 33.6 Å². The van der Waals surface area contributed by atoms with E-state index in [1.807, 2.05) is 0 Å². The average Bonchev–Trinajstić information content (AvgIpc) is 2.40. The van der Waals surface area contributed by atoms with Gasteiger partial charge >= 0.3 is 0 Å². The van der Waals surface area contributed by atoms with Gasteiger partial charge in [0.1, 0.15) is 0 Å². The number of hydrogen-bond acceptors (Lipinski definition) is 2. The highest BCUT2D eigenvalue weighted by Gasteiger charge is 2.10. The highest BCUT2D eigenvalue weighted by atomic mass is 16.5. The van der Waals surface area contributed by atoms with Crippen LogP contribution in [0.4, 0.5) is 5.69 Å². The molecule has 0 N–H and O–H groups in total. The van der Waals surface area contributed by atoms with E-state index >= 15 is 0 Å². The van der Waals surface area contributed by atoms with E-state index < -0.39 is 0 Å². The van der Waals surface area contributed by atoms with Crippen molar-refractivity contribution in [3.63, 3.8) is 0 Å². The predicted octanol–water partition coefficient (Wildman–Crippen LogP) is 3.64. The molecule has 0 radical (unpaired) electrons. The zero-order chi connectivity index (χ0) is 12.5. The lowest BCUT2D eigenvalue weighted by atomic mass is 10.2. The van der Waals surface area contributed by atoms with Crippen molar-refractivity contribution in [2.75, 3.05) is 31.2 Å². The number of ether oxygens (including phenoxy) is 1. The van der Waals surface area contributed by atoms with E-state index in [4.69, 9.17) is 4.74 Å². The summed E-state index contributed by atoms with van der Waals surface area (Å²) in [5.41, 5.74) is 2.65. The molecule has 1 aliphatic heterocycles. The zero-order valence-electron chi connectivity index (χ0n) is 11.4. The van der Waals surface area contributed by atoms with Gasteiger partial charge in [-0.15, -0.1) is 0 Å². The van der Waals surface area contributed by atoms with Crippen LogP contribution < -0.4 is 4.90 Å². The molecule has 0 aromatic heterocycles. The van der Waals surface area contributed by atoms with Gasteiger partial charge in [-0.3, -0.25) is 0 Å². The van der Waals surface area contributed by atoms with Gasteiger partial charge in [-0.1, -0.05) is 38.8 Å². The third-order valence-electron chi connectivity index (χ3n) is 2.88. The Balaban J connectivity index is 0.000000317. The Morgan fingerprint density at radius 1 is 1.12 bits per heavy atom. The van der Waals surface area contributed by atoms with E-state index in [-0.39, 0.29) is 0 Å². The Morgan fingerprint density at radius 3 is 2.29 bits per heavy atom. The molecule has 0 spiro atoms. The molecular formula is C15H25NO. The van der Waals surface area contributed by atoms with E-state index in [2.05, 4.69) is 49.9 Å². The van der Waals surface area contributed by atoms with Gasteiger partial charge in [-0.25, -0.2) is 0 Å². The van der Waals surface area contributed by atoms with Crippen LogP contribution in [0, 0.1) is 6.92 Å². The van der Waals surface area contributed by atoms with Gasteiger partial charge in [-0.2, -0.15) is 0 Å². The summed E-state index contributed by atoms with van der Waals surface area (Å²) in [4.78, 5) is 2.37. The number of rotatable bonds is 2. The summed E-state index contributed by atoms with van der Waals surface area (Å²) in [5, 5.41) is 0. The van der Waals surface area contributed by atoms with Crippen LogP contribution in [-0.4, -0.2) is 26.3 Å². The van der Waals surface area contributed by atoms with Crippen LogP contribution in [-0.2, 0) is 4.74 Å². The second kappa shape index (κ2) is 8.13. The Bertz CT molecular complexity index is 304. The van der Waals surface area contributed by atoms with Crippen molar-refractivity contribution in [2.24, 2.45) is 0 Å². The zero-order valence-corrected chi connectivity index (χ0v) is 11.4. The molecule has 0 unspecified atom stereocenters. The first-order chi connectivity index (χ1) is 8.27. The van der Waals surface area contributed by atoms with Crippen molar-refractivity contribution < 1.29 is 4.74 Å². The SMILES string of the molecule is CCCC.Cc1cccc(N2CCOCC2)c1. The van der Waals surface area contributed by atoms with Gasteiger partial charge in [0.15, 0.2) is 0 Å². The van der Waals surface area contributed by atoms with Crippen LogP contribution in [0.5, 0.6) is 0 Å². The van der Waals surface area contributed by atoms with E-state index in [0.717, 1.165) is 26.3 Å². The van der Waals surface area contributed by atoms with Crippen LogP contribution in [0.3, 0.4) is 0 Å². The Kier molecular flexibility index (Phi) is 6.71. The molecule has 1 fully saturated rings. The number of nitrogens with zero attached hydrogens (tertiary/aromatic N) is 1. The van der Waals surface area contributed by atoms with Crippen molar-refractivity contribution in [3.05, 3.63) is 29.8 Å². The standard InChI is InChI=1S/C11H15NO.C4H10/c1-10-3-2-4-11(9-10)12-5-7-13-8-6-12;1-3-4-2/h2-4,9H,5-8H2,1H3;3-4H2,1-2H3. The predicted molar refractivity (Wildman–Crippen MR) is 74.8 cm³/mol. The summed E-state index contributed by atoms with van der Waals surface area (Å²) in [6, 6.07) is 8.63. The lowest BCUT2D eigenvalue weighted by Gasteiger charge is -2.29. The maximum atomic E-state index is 5.31. The topological polar surface area (TPSA) is 12.5 Å². The van der Waals surface area contributed by atoms with Gasteiger partial charge in [0.25, 0.3) is 0 Å². The number of benzene rings is 1. The summed E-state index contributed by atoms with van der Waals surface area (Å²) < 4.78 is 5.31. The lowest BCUT2D eigenvalue weighted by Crippen LogP contribution is -2.36. The highest BCUT2D eigenvalue weighted by Crippen LogP contribution is 2.16. The Hall–Kier alpha value is -1.02. The molecule has 1 aromatic rings. The molecule has 1 saturated heterocycles. The van der Waals surface area contributed by atoms with Crippen molar-refractivity contribution in [1.29, 1.82) is 0 Å². The average molecular weight is 235 g/mol. The first-order valence-corrected chi connectivity index (χ1v) is 6.67. The molecule has 0 bridgehead atoms. The molecular weight excluding hydrogens is 210 g/mol. The molecule has 2 nitrogen and oxygen atoms in total. The van der Waals surface area contributed by atoms with Gasteiger partial charge in [0.2, 0.25) is 0 Å². The second-order valence-electron chi connectivity index (χ2n) is 4.44. The van der Waals surface area contributed by atoms with E-state index in [0.29, 0.717) is 0 Å². The molecule has 2 heteroatoms. The maximum absolute atomic E-state index is 5.31. The van der Waals surface area contributed by atoms with Gasteiger partial charge in [-0.05, 0) is 24.6 Å². The second-order valence-corrected chi connectivity index (χ2v) is 4.44. The van der Waals surface area contributed by atoms with Crippen LogP contribution in [0.1, 0.15) is 32.3 Å². The molecule has 0 amide bonds. The first-order valence-electron chi connectivity index (χ1n) is 6.67. The summed E-state index contributed by atoms with van der Waals surface area (Å²) in [6.07, 6.45) is 2.64. The van der Waals surface area contributed by atoms with Crippen molar-refractivity contribution in [1.82, 2.24) is 0 Å². The Labute approximate surface area is 106 Å². The molecule has 96 valence electrons. The number of anilines is 1. The molecule has 1 aliphatic rings. The Morgan fingerprint density at radius 2 is 1.76 bits per heavy atom. The highest BCUT2D eigenvalue weighted by molar-refractivity contribution is 5.48. The number of morpholine rings is 1. The normalized spacial score (nSPS) is 15.1. The smallest absolute Gasteiger partial charge is 0.0642 e. The van der Waals surface area contributed by atoms with Crippen LogP contribution >= 0.6 is 0 Å². The third kappa shape index (κ3) is 5.22. The molecule has 0 aliphatic carbocycles. The third-order valence-corrected chi connectivity index (χ3v) is 2.88. The molecule has 0 atom stereocenters. The first kappa shape index (κ1) is 14.0. The lowest BCUT2D eigenvalue weighted by molar-refractivity contribution is 0.122. The van der Waals surface area contributed by atoms with Crippen molar-refractivity contribution >= 4 is 5.69 Å². The summed E-state index contributed by atoms with van der Waals surface area (Å²) in [5.74, 6) is 0. The number of unbranched alkanes of at least 4 members (excludes halogenated alkanes) is 1. The molecule has 0 saturated carbocycles. The van der Waals surface area contributed by atoms with E-state index in [1.165, 1.54) is 24.1 Å². The fourth-order valence-corrected chi connectivity index (χ4v) is 1.65. The van der Waals surface area contributed by atoms with Gasteiger partial charge in [0.05, 0.1) is 13.2 Å². The largest absolute Gasteiger partial charge is 0.378 e. The van der Waals surface area contributed by atoms with Crippen LogP contribution in [0.2, 0.25) is 0 Å². The minimum atomic E-state index is 0.855. The summed E-state index contributed by atoms with van der Waals surface area (Å²) in [7, 11) is 0. The molecule has 1 heterocycles. The van der Waals surface area contributed by atoms with Gasteiger partial charge in [0, 0.05) is 18.8 Å². The fourth-order valence-electron chi connectivity index (χ4n) is 1.65.